The summed E-state index contributed by atoms with van der Waals surface area (Å²) >= 11 is 0. The lowest BCUT2D eigenvalue weighted by molar-refractivity contribution is -0.125. The second-order valence-corrected chi connectivity index (χ2v) is 5.63. The number of nitrogens with one attached hydrogen (secondary N) is 2. The highest BCUT2D eigenvalue weighted by molar-refractivity contribution is 6.01. The Morgan fingerprint density at radius 1 is 0.852 bits per heavy atom. The maximum absolute atomic E-state index is 12.1. The van der Waals surface area contributed by atoms with E-state index in [0.717, 1.165) is 5.39 Å². The number of phenols is 1. The third-order valence-electron chi connectivity index (χ3n) is 3.81. The van der Waals surface area contributed by atoms with E-state index >= 15 is 0 Å². The molecule has 0 fully saturated rings. The van der Waals surface area contributed by atoms with Crippen molar-refractivity contribution in [3.63, 3.8) is 0 Å². The van der Waals surface area contributed by atoms with Gasteiger partial charge in [-0.3, -0.25) is 20.4 Å². The van der Waals surface area contributed by atoms with Gasteiger partial charge in [0.15, 0.2) is 6.61 Å². The lowest BCUT2D eigenvalue weighted by Gasteiger charge is -2.10. The molecule has 0 aliphatic carbocycles. The van der Waals surface area contributed by atoms with Crippen molar-refractivity contribution in [3.8, 4) is 5.75 Å². The number of hydrogen-bond acceptors (Lipinski definition) is 5. The van der Waals surface area contributed by atoms with E-state index in [-0.39, 0.29) is 11.3 Å². The number of ether oxygens (including phenoxy) is 1. The van der Waals surface area contributed by atoms with Crippen LogP contribution >= 0.6 is 0 Å². The largest absolute Gasteiger partial charge is 0.506 e. The maximum Gasteiger partial charge on any atom is 0.342 e. The summed E-state index contributed by atoms with van der Waals surface area (Å²) in [4.78, 5) is 35.7. The fourth-order valence-corrected chi connectivity index (χ4v) is 2.45. The van der Waals surface area contributed by atoms with Crippen LogP contribution in [0, 0.1) is 0 Å². The molecule has 3 aromatic carbocycles. The molecule has 0 bridgehead atoms. The number of rotatable bonds is 4. The van der Waals surface area contributed by atoms with Crippen LogP contribution < -0.4 is 10.9 Å². The Morgan fingerprint density at radius 2 is 1.56 bits per heavy atom. The molecule has 0 aliphatic rings. The first-order valence-electron chi connectivity index (χ1n) is 8.08. The monoisotopic (exact) mass is 364 g/mol. The molecule has 136 valence electrons. The number of aromatic hydroxyl groups is 1. The number of phenolic OH excluding ortho intramolecular Hbond substituents is 1. The molecule has 0 heterocycles. The molecule has 0 unspecified atom stereocenters. The van der Waals surface area contributed by atoms with E-state index in [1.54, 1.807) is 54.6 Å². The fourth-order valence-electron chi connectivity index (χ4n) is 2.45. The second-order valence-electron chi connectivity index (χ2n) is 5.63. The molecule has 3 N–H and O–H groups in total. The van der Waals surface area contributed by atoms with E-state index in [2.05, 4.69) is 10.9 Å². The average Bonchev–Trinajstić information content (AvgIpc) is 2.71. The van der Waals surface area contributed by atoms with E-state index in [0.29, 0.717) is 10.9 Å². The number of hydrogen-bond donors (Lipinski definition) is 3. The van der Waals surface area contributed by atoms with Gasteiger partial charge in [0.25, 0.3) is 11.8 Å². The topological polar surface area (TPSA) is 105 Å². The van der Waals surface area contributed by atoms with Crippen LogP contribution in [0.3, 0.4) is 0 Å². The van der Waals surface area contributed by atoms with Gasteiger partial charge in [-0.05, 0) is 23.6 Å². The molecular formula is C20H16N2O5. The lowest BCUT2D eigenvalue weighted by Crippen LogP contribution is -2.43. The molecule has 0 spiro atoms. The normalized spacial score (nSPS) is 10.2. The van der Waals surface area contributed by atoms with Crippen molar-refractivity contribution in [2.75, 3.05) is 6.61 Å². The van der Waals surface area contributed by atoms with Crippen molar-refractivity contribution in [2.45, 2.75) is 0 Å². The van der Waals surface area contributed by atoms with Gasteiger partial charge in [0.05, 0.1) is 0 Å². The molecule has 2 amide bonds. The number of hydrazine groups is 1. The van der Waals surface area contributed by atoms with Crippen LogP contribution in [0.4, 0.5) is 0 Å². The Labute approximate surface area is 154 Å². The Hall–Kier alpha value is -3.87. The zero-order chi connectivity index (χ0) is 19.2. The van der Waals surface area contributed by atoms with Crippen LogP contribution in [0.5, 0.6) is 5.75 Å². The van der Waals surface area contributed by atoms with Gasteiger partial charge in [0.2, 0.25) is 0 Å². The minimum atomic E-state index is -0.845. The highest BCUT2D eigenvalue weighted by atomic mass is 16.5. The fraction of sp³-hybridized carbons (Fsp3) is 0.0500. The SMILES string of the molecule is O=C(COC(=O)c1ccc2ccccc2c1O)NNC(=O)c1ccccc1. The second kappa shape index (κ2) is 8.01. The van der Waals surface area contributed by atoms with Gasteiger partial charge in [0.1, 0.15) is 11.3 Å². The van der Waals surface area contributed by atoms with Gasteiger partial charge in [0, 0.05) is 10.9 Å². The van der Waals surface area contributed by atoms with Crippen molar-refractivity contribution < 1.29 is 24.2 Å². The summed E-state index contributed by atoms with van der Waals surface area (Å²) in [5.74, 6) is -2.27. The number of benzene rings is 3. The Bertz CT molecular complexity index is 1000. The van der Waals surface area contributed by atoms with Gasteiger partial charge < -0.3 is 9.84 Å². The summed E-state index contributed by atoms with van der Waals surface area (Å²) in [7, 11) is 0. The smallest absolute Gasteiger partial charge is 0.342 e. The van der Waals surface area contributed by atoms with Crippen molar-refractivity contribution in [1.82, 2.24) is 10.9 Å². The molecule has 0 atom stereocenters. The first-order chi connectivity index (χ1) is 13.1. The van der Waals surface area contributed by atoms with Crippen molar-refractivity contribution in [3.05, 3.63) is 77.9 Å². The number of carbonyl (C=O) groups excluding carboxylic acids is 3. The predicted octanol–water partition coefficient (Wildman–Crippen LogP) is 2.16. The molecule has 0 saturated heterocycles. The minimum absolute atomic E-state index is 0.0465. The van der Waals surface area contributed by atoms with Gasteiger partial charge >= 0.3 is 5.97 Å². The third kappa shape index (κ3) is 4.21. The summed E-state index contributed by atoms with van der Waals surface area (Å²) in [6, 6.07) is 18.4. The average molecular weight is 364 g/mol. The zero-order valence-corrected chi connectivity index (χ0v) is 14.1. The summed E-state index contributed by atoms with van der Waals surface area (Å²) in [6.45, 7) is -0.611. The van der Waals surface area contributed by atoms with Gasteiger partial charge in [-0.1, -0.05) is 48.5 Å². The van der Waals surface area contributed by atoms with Crippen molar-refractivity contribution >= 4 is 28.6 Å². The van der Waals surface area contributed by atoms with E-state index in [9.17, 15) is 19.5 Å². The molecule has 0 aromatic heterocycles. The van der Waals surface area contributed by atoms with Gasteiger partial charge in [-0.2, -0.15) is 0 Å². The molecule has 27 heavy (non-hydrogen) atoms. The molecule has 3 aromatic rings. The van der Waals surface area contributed by atoms with E-state index in [1.165, 1.54) is 6.07 Å². The number of amides is 2. The molecule has 0 aliphatic heterocycles. The highest BCUT2D eigenvalue weighted by Crippen LogP contribution is 2.28. The van der Waals surface area contributed by atoms with Crippen molar-refractivity contribution in [1.29, 1.82) is 0 Å². The molecule has 0 radical (unpaired) electrons. The first-order valence-corrected chi connectivity index (χ1v) is 8.08. The highest BCUT2D eigenvalue weighted by Gasteiger charge is 2.16. The zero-order valence-electron chi connectivity index (χ0n) is 14.1. The van der Waals surface area contributed by atoms with Crippen LogP contribution in [0.25, 0.3) is 10.8 Å². The standard InChI is InChI=1S/C20H16N2O5/c23-17(21-22-19(25)14-7-2-1-3-8-14)12-27-20(26)16-11-10-13-6-4-5-9-15(13)18(16)24/h1-11,24H,12H2,(H,21,23)(H,22,25). The number of esters is 1. The predicted molar refractivity (Wildman–Crippen MR) is 97.9 cm³/mol. The summed E-state index contributed by atoms with van der Waals surface area (Å²) < 4.78 is 4.90. The van der Waals surface area contributed by atoms with Crippen LogP contribution in [0.1, 0.15) is 20.7 Å². The number of fused-ring (bicyclic) bond motifs is 1. The van der Waals surface area contributed by atoms with Crippen LogP contribution in [0.15, 0.2) is 66.7 Å². The molecule has 3 rings (SSSR count). The minimum Gasteiger partial charge on any atom is -0.506 e. The van der Waals surface area contributed by atoms with E-state index in [1.807, 2.05) is 6.07 Å². The number of carbonyl (C=O) groups is 3. The quantitative estimate of drug-likeness (QED) is 0.486. The first kappa shape index (κ1) is 17.9. The Kier molecular flexibility index (Phi) is 5.32. The van der Waals surface area contributed by atoms with E-state index < -0.39 is 24.4 Å². The maximum atomic E-state index is 12.1. The molecular weight excluding hydrogens is 348 g/mol. The summed E-state index contributed by atoms with van der Waals surface area (Å²) in [6.07, 6.45) is 0. The van der Waals surface area contributed by atoms with Gasteiger partial charge in [-0.15, -0.1) is 0 Å². The van der Waals surface area contributed by atoms with Crippen molar-refractivity contribution in [2.24, 2.45) is 0 Å². The van der Waals surface area contributed by atoms with E-state index in [4.69, 9.17) is 4.74 Å². The molecule has 7 nitrogen and oxygen atoms in total. The summed E-state index contributed by atoms with van der Waals surface area (Å²) in [5, 5.41) is 11.5. The summed E-state index contributed by atoms with van der Waals surface area (Å²) in [5.41, 5.74) is 4.70. The lowest BCUT2D eigenvalue weighted by atomic mass is 10.1. The molecule has 7 heteroatoms. The Morgan fingerprint density at radius 3 is 2.33 bits per heavy atom. The van der Waals surface area contributed by atoms with Crippen LogP contribution in [0.2, 0.25) is 0 Å². The third-order valence-corrected chi connectivity index (χ3v) is 3.81. The van der Waals surface area contributed by atoms with Gasteiger partial charge in [-0.25, -0.2) is 4.79 Å². The van der Waals surface area contributed by atoms with Crippen LogP contribution in [-0.2, 0) is 9.53 Å². The Balaban J connectivity index is 1.55. The molecule has 0 saturated carbocycles. The van der Waals surface area contributed by atoms with Crippen LogP contribution in [-0.4, -0.2) is 29.5 Å².